The number of amides is 2. The van der Waals surface area contributed by atoms with Crippen molar-refractivity contribution in [3.8, 4) is 45.9 Å². The van der Waals surface area contributed by atoms with Crippen molar-refractivity contribution in [3.05, 3.63) is 107 Å². The van der Waals surface area contributed by atoms with E-state index in [0.717, 1.165) is 0 Å². The number of aliphatic hydroxyl groups is 2. The number of hydrogen-bond donors (Lipinski definition) is 4. The summed E-state index contributed by atoms with van der Waals surface area (Å²) in [6, 6.07) is 18.5. The number of fused-ring (bicyclic) bond motifs is 16. The normalized spacial score (nSPS) is 15.7. The zero-order chi connectivity index (χ0) is 39.3. The van der Waals surface area contributed by atoms with E-state index < -0.39 is 37.1 Å². The second-order valence-corrected chi connectivity index (χ2v) is 13.8. The Morgan fingerprint density at radius 2 is 0.911 bits per heavy atom. The Morgan fingerprint density at radius 1 is 0.536 bits per heavy atom. The number of rotatable bonds is 8. The van der Waals surface area contributed by atoms with Gasteiger partial charge in [0.1, 0.15) is 45.7 Å². The second kappa shape index (κ2) is 16.7. The van der Waals surface area contributed by atoms with Crippen molar-refractivity contribution < 1.29 is 28.6 Å². The summed E-state index contributed by atoms with van der Waals surface area (Å²) in [5.41, 5.74) is 3.31. The molecule has 4 N–H and O–H groups in total. The van der Waals surface area contributed by atoms with Gasteiger partial charge >= 0.3 is 0 Å². The predicted molar refractivity (Wildman–Crippen MR) is 205 cm³/mol. The molecule has 6 aromatic rings. The van der Waals surface area contributed by atoms with Gasteiger partial charge in [0.05, 0.1) is 48.1 Å². The average Bonchev–Trinajstić information content (AvgIpc) is 3.85. The summed E-state index contributed by atoms with van der Waals surface area (Å²) < 4.78 is 12.6. The SMILES string of the molecule is CN(C)CCc1oc2nc1-c1cccc(n1)C(=O)NC(CO)c1cccc(n1)-c1nc(c(CCN(C)C)o1)-c1cccc(n1)C(=O)NC(CO)c1cccc-2n1. The molecule has 0 aliphatic carbocycles. The van der Waals surface area contributed by atoms with Gasteiger partial charge in [0.15, 0.2) is 0 Å². The molecule has 1 aliphatic rings. The van der Waals surface area contributed by atoms with Gasteiger partial charge in [-0.05, 0) is 76.7 Å². The van der Waals surface area contributed by atoms with Crippen molar-refractivity contribution in [2.45, 2.75) is 24.9 Å². The fraction of sp³-hybridized carbons (Fsp3) is 0.300. The summed E-state index contributed by atoms with van der Waals surface area (Å²) in [4.78, 5) is 59.8. The molecule has 2 unspecified atom stereocenters. The van der Waals surface area contributed by atoms with Gasteiger partial charge in [-0.2, -0.15) is 0 Å². The van der Waals surface area contributed by atoms with Crippen LogP contribution in [0.1, 0.15) is 56.0 Å². The lowest BCUT2D eigenvalue weighted by Crippen LogP contribution is -2.32. The summed E-state index contributed by atoms with van der Waals surface area (Å²) >= 11 is 0. The number of carbonyl (C=O) groups excluding carboxylic acids is 2. The van der Waals surface area contributed by atoms with Crippen molar-refractivity contribution in [2.24, 2.45) is 0 Å². The highest BCUT2D eigenvalue weighted by Gasteiger charge is 2.25. The van der Waals surface area contributed by atoms with Crippen LogP contribution < -0.4 is 10.6 Å². The average molecular weight is 759 g/mol. The Hall–Kier alpha value is -6.20. The van der Waals surface area contributed by atoms with Crippen molar-refractivity contribution in [1.29, 1.82) is 0 Å². The second-order valence-electron chi connectivity index (χ2n) is 13.8. The minimum absolute atomic E-state index is 0.0916. The molecule has 12 bridgehead atoms. The molecule has 0 radical (unpaired) electrons. The number of nitrogens with one attached hydrogen (secondary N) is 2. The Morgan fingerprint density at radius 3 is 1.30 bits per heavy atom. The topological polar surface area (TPSA) is 209 Å². The highest BCUT2D eigenvalue weighted by Crippen LogP contribution is 2.31. The quantitative estimate of drug-likeness (QED) is 0.176. The molecular formula is C40H42N10O6. The molecule has 6 aromatic heterocycles. The summed E-state index contributed by atoms with van der Waals surface area (Å²) in [6.45, 7) is 0.380. The van der Waals surface area contributed by atoms with Gasteiger partial charge in [-0.3, -0.25) is 9.59 Å². The van der Waals surface area contributed by atoms with Gasteiger partial charge in [0, 0.05) is 25.9 Å². The van der Waals surface area contributed by atoms with E-state index >= 15 is 0 Å². The summed E-state index contributed by atoms with van der Waals surface area (Å²) in [5.74, 6) is 0.386. The number of aliphatic hydroxyl groups excluding tert-OH is 2. The Kier molecular flexibility index (Phi) is 11.3. The molecule has 2 atom stereocenters. The van der Waals surface area contributed by atoms with Crippen molar-refractivity contribution in [2.75, 3.05) is 54.5 Å². The molecule has 7 rings (SSSR count). The highest BCUT2D eigenvalue weighted by atomic mass is 16.4. The van der Waals surface area contributed by atoms with Gasteiger partial charge in [-0.15, -0.1) is 0 Å². The van der Waals surface area contributed by atoms with E-state index in [4.69, 9.17) is 28.8 Å². The molecule has 16 heteroatoms. The van der Waals surface area contributed by atoms with Crippen molar-refractivity contribution in [3.63, 3.8) is 0 Å². The Bertz CT molecular complexity index is 2190. The zero-order valence-electron chi connectivity index (χ0n) is 31.4. The number of nitrogens with zero attached hydrogens (tertiary/aromatic N) is 8. The Labute approximate surface area is 322 Å². The van der Waals surface area contributed by atoms with Crippen LogP contribution in [0.4, 0.5) is 0 Å². The molecule has 56 heavy (non-hydrogen) atoms. The van der Waals surface area contributed by atoms with Gasteiger partial charge in [0.25, 0.3) is 11.8 Å². The Balaban J connectivity index is 1.36. The monoisotopic (exact) mass is 758 g/mol. The van der Waals surface area contributed by atoms with Crippen LogP contribution in [-0.4, -0.2) is 116 Å². The number of carbonyl (C=O) groups is 2. The minimum Gasteiger partial charge on any atom is -0.439 e. The van der Waals surface area contributed by atoms with Crippen LogP contribution in [-0.2, 0) is 12.8 Å². The molecule has 16 nitrogen and oxygen atoms in total. The first-order valence-electron chi connectivity index (χ1n) is 18.1. The summed E-state index contributed by atoms with van der Waals surface area (Å²) in [7, 11) is 7.77. The lowest BCUT2D eigenvalue weighted by atomic mass is 10.1. The van der Waals surface area contributed by atoms with E-state index in [1.165, 1.54) is 0 Å². The lowest BCUT2D eigenvalue weighted by molar-refractivity contribution is 0.0903. The first kappa shape index (κ1) is 38.1. The van der Waals surface area contributed by atoms with E-state index in [2.05, 4.69) is 20.6 Å². The molecule has 1 aliphatic heterocycles. The van der Waals surface area contributed by atoms with Crippen LogP contribution in [0.2, 0.25) is 0 Å². The first-order chi connectivity index (χ1) is 27.1. The van der Waals surface area contributed by atoms with Gasteiger partial charge in [-0.1, -0.05) is 24.3 Å². The van der Waals surface area contributed by atoms with Gasteiger partial charge in [0.2, 0.25) is 11.8 Å². The van der Waals surface area contributed by atoms with Crippen molar-refractivity contribution in [1.82, 2.24) is 50.3 Å². The number of aromatic nitrogens is 6. The molecule has 288 valence electrons. The number of pyridine rings is 4. The minimum atomic E-state index is -0.895. The van der Waals surface area contributed by atoms with Crippen LogP contribution in [0.15, 0.2) is 81.6 Å². The van der Waals surface area contributed by atoms with E-state index in [1.54, 1.807) is 72.8 Å². The molecule has 0 saturated carbocycles. The van der Waals surface area contributed by atoms with Crippen LogP contribution in [0.25, 0.3) is 45.9 Å². The number of oxazole rings is 2. The van der Waals surface area contributed by atoms with Crippen LogP contribution in [0, 0.1) is 0 Å². The maximum absolute atomic E-state index is 13.7. The van der Waals surface area contributed by atoms with E-state index in [1.807, 2.05) is 38.0 Å². The molecule has 0 aromatic carbocycles. The largest absolute Gasteiger partial charge is 0.439 e. The van der Waals surface area contributed by atoms with Crippen molar-refractivity contribution >= 4 is 11.8 Å². The van der Waals surface area contributed by atoms with Gasteiger partial charge < -0.3 is 39.5 Å². The smallest absolute Gasteiger partial charge is 0.270 e. The zero-order valence-corrected chi connectivity index (χ0v) is 31.4. The van der Waals surface area contributed by atoms with Crippen LogP contribution >= 0.6 is 0 Å². The summed E-state index contributed by atoms with van der Waals surface area (Å²) in [6.07, 6.45) is 0.957. The third-order valence-corrected chi connectivity index (χ3v) is 9.08. The van der Waals surface area contributed by atoms with E-state index in [-0.39, 0.29) is 23.2 Å². The predicted octanol–water partition coefficient (Wildman–Crippen LogP) is 3.36. The molecule has 2 amide bonds. The molecule has 7 heterocycles. The van der Waals surface area contributed by atoms with E-state index in [9.17, 15) is 19.8 Å². The van der Waals surface area contributed by atoms with Crippen LogP contribution in [0.3, 0.4) is 0 Å². The highest BCUT2D eigenvalue weighted by molar-refractivity contribution is 5.93. The number of hydrogen-bond acceptors (Lipinski definition) is 14. The maximum Gasteiger partial charge on any atom is 0.270 e. The fourth-order valence-corrected chi connectivity index (χ4v) is 6.12. The summed E-state index contributed by atoms with van der Waals surface area (Å²) in [5, 5.41) is 26.6. The van der Waals surface area contributed by atoms with Gasteiger partial charge in [-0.25, -0.2) is 29.9 Å². The first-order valence-corrected chi connectivity index (χ1v) is 18.1. The third-order valence-electron chi connectivity index (χ3n) is 9.08. The lowest BCUT2D eigenvalue weighted by Gasteiger charge is -2.16. The fourth-order valence-electron chi connectivity index (χ4n) is 6.12. The molecule has 0 spiro atoms. The maximum atomic E-state index is 13.7. The third kappa shape index (κ3) is 8.38. The standard InChI is InChI=1S/C40H42N10O6/c1-49(2)19-17-33-35-25-11-7-13-27(43-25)37(53)45-32(22-52)24-10-6-16-30(42-24)40-48-36(34(56-40)18-20-50(3)4)26-12-8-14-28(44-26)38(54)46-31(21-51)23-9-5-15-29(41-23)39(47-35)55-33/h5-16,31-32,51-52H,17-22H2,1-4H3,(H,45,53)(H,46,54). The molecular weight excluding hydrogens is 717 g/mol. The number of likely N-dealkylation sites (N-methyl/N-ethyl adjacent to an activating group) is 2. The molecule has 0 saturated heterocycles. The van der Waals surface area contributed by atoms with Crippen LogP contribution in [0.5, 0.6) is 0 Å². The molecule has 0 fully saturated rings. The van der Waals surface area contributed by atoms with E-state index in [0.29, 0.717) is 83.0 Å².